The summed E-state index contributed by atoms with van der Waals surface area (Å²) in [6, 6.07) is 24.8. The first-order valence-corrected chi connectivity index (χ1v) is 25.2. The van der Waals surface area contributed by atoms with Crippen LogP contribution < -0.4 is 10.2 Å². The normalized spacial score (nSPS) is 17.3. The van der Waals surface area contributed by atoms with E-state index in [0.29, 0.717) is 30.0 Å². The summed E-state index contributed by atoms with van der Waals surface area (Å²) >= 11 is 0. The van der Waals surface area contributed by atoms with E-state index in [1.54, 1.807) is 6.20 Å². The number of carbonyl (C=O) groups excluding carboxylic acids is 2. The number of benzene rings is 3. The van der Waals surface area contributed by atoms with Crippen molar-refractivity contribution in [2.45, 2.75) is 76.7 Å². The number of anilines is 2. The summed E-state index contributed by atoms with van der Waals surface area (Å²) in [5, 5.41) is 7.83. The Morgan fingerprint density at radius 3 is 2.40 bits per heavy atom. The minimum Gasteiger partial charge on any atom is -0.465 e. The molecule has 3 fully saturated rings. The molecule has 14 nitrogen and oxygen atoms in total. The summed E-state index contributed by atoms with van der Waals surface area (Å²) in [6.07, 6.45) is 12.8. The number of nitrogens with zero attached hydrogens (tertiary/aromatic N) is 7. The lowest BCUT2D eigenvalue weighted by Gasteiger charge is -2.37. The fourth-order valence-electron chi connectivity index (χ4n) is 11.6. The van der Waals surface area contributed by atoms with E-state index >= 15 is 0 Å². The van der Waals surface area contributed by atoms with E-state index in [1.165, 1.54) is 57.7 Å². The number of ether oxygens (including phenoxy) is 2. The molecule has 3 saturated heterocycles. The molecule has 3 aromatic carbocycles. The van der Waals surface area contributed by atoms with Crippen LogP contribution in [0.2, 0.25) is 0 Å². The molecule has 1 atom stereocenters. The van der Waals surface area contributed by atoms with Crippen LogP contribution in [0.1, 0.15) is 105 Å². The zero-order valence-corrected chi connectivity index (χ0v) is 40.5. The fraction of sp³-hybridized carbons (Fsp3) is 0.393. The average Bonchev–Trinajstić information content (AvgIpc) is 4.13. The van der Waals surface area contributed by atoms with Gasteiger partial charge >= 0.3 is 11.9 Å². The van der Waals surface area contributed by atoms with Crippen LogP contribution in [0.25, 0.3) is 43.7 Å². The highest BCUT2D eigenvalue weighted by Crippen LogP contribution is 2.42. The molecule has 14 heteroatoms. The van der Waals surface area contributed by atoms with E-state index in [-0.39, 0.29) is 17.9 Å². The molecular formula is C56H62N10O4. The molecule has 3 aliphatic rings. The van der Waals surface area contributed by atoms with Crippen LogP contribution in [0.4, 0.5) is 11.6 Å². The van der Waals surface area contributed by atoms with Gasteiger partial charge in [0.15, 0.2) is 0 Å². The van der Waals surface area contributed by atoms with Crippen LogP contribution in [0.15, 0.2) is 85.2 Å². The zero-order chi connectivity index (χ0) is 47.7. The van der Waals surface area contributed by atoms with Gasteiger partial charge in [-0.15, -0.1) is 0 Å². The summed E-state index contributed by atoms with van der Waals surface area (Å²) in [6.45, 7) is 9.82. The first-order chi connectivity index (χ1) is 34.3. The van der Waals surface area contributed by atoms with Crippen molar-refractivity contribution in [3.63, 3.8) is 0 Å². The van der Waals surface area contributed by atoms with Gasteiger partial charge in [-0.1, -0.05) is 54.4 Å². The van der Waals surface area contributed by atoms with E-state index < -0.39 is 0 Å². The number of pyridine rings is 2. The summed E-state index contributed by atoms with van der Waals surface area (Å²) in [4.78, 5) is 61.3. The van der Waals surface area contributed by atoms with E-state index in [1.807, 2.05) is 36.5 Å². The van der Waals surface area contributed by atoms with Gasteiger partial charge in [0.05, 0.1) is 41.8 Å². The Hall–Kier alpha value is -6.90. The molecule has 0 aliphatic carbocycles. The SMILES string of the molecule is COC(=O)c1ccc2c(c1)[nH]c1cc(Cc3cccnc3)nc(N3CCC(N4CCC(c5c(C(=O)OC)ccc6c5[nH]c5nc(Cc7cccc(C)c7)nc(NCCCN7CCCCC7)c56)C4)CC3)c12. The zero-order valence-electron chi connectivity index (χ0n) is 40.5. The van der Waals surface area contributed by atoms with E-state index in [4.69, 9.17) is 24.4 Å². The first kappa shape index (κ1) is 45.5. The number of fused-ring (bicyclic) bond motifs is 6. The lowest BCUT2D eigenvalue weighted by molar-refractivity contribution is 0.0591. The number of aromatic amines is 2. The maximum absolute atomic E-state index is 13.7. The topological polar surface area (TPSA) is 157 Å². The van der Waals surface area contributed by atoms with Crippen molar-refractivity contribution in [2.75, 3.05) is 76.8 Å². The standard InChI is InChI=1S/C56H62N10O4/c1-35-10-7-11-36(28-35)30-47-61-52(58-21-9-24-64-22-5-4-6-23-64)50-43-15-16-44(56(68)70-3)48(51(43)63-53(50)62-47)39-17-25-66(34-39)41-18-26-65(27-19-41)54-49-42-14-13-38(55(67)69-2)31-45(42)60-46(49)32-40(59-54)29-37-12-8-20-57-33-37/h7-8,10-16,20,28,31-33,39,41,60H,4-6,9,17-19,21-27,29-30,34H2,1-3H3,(H2,58,61,62,63). The van der Waals surface area contributed by atoms with E-state index in [0.717, 1.165) is 143 Å². The number of piperidine rings is 2. The van der Waals surface area contributed by atoms with Crippen LogP contribution in [-0.2, 0) is 22.3 Å². The summed E-state index contributed by atoms with van der Waals surface area (Å²) in [7, 11) is 2.88. The predicted molar refractivity (Wildman–Crippen MR) is 276 cm³/mol. The number of nitrogens with one attached hydrogen (secondary N) is 3. The highest BCUT2D eigenvalue weighted by atomic mass is 16.5. The quantitative estimate of drug-likeness (QED) is 0.0702. The van der Waals surface area contributed by atoms with Gasteiger partial charge in [-0.05, 0) is 119 Å². The Morgan fingerprint density at radius 1 is 0.771 bits per heavy atom. The Labute approximate surface area is 408 Å². The molecule has 1 unspecified atom stereocenters. The largest absolute Gasteiger partial charge is 0.465 e. The molecule has 70 heavy (non-hydrogen) atoms. The van der Waals surface area contributed by atoms with Gasteiger partial charge in [-0.2, -0.15) is 0 Å². The molecule has 8 aromatic rings. The molecule has 11 rings (SSSR count). The van der Waals surface area contributed by atoms with Crippen molar-refractivity contribution < 1.29 is 19.1 Å². The van der Waals surface area contributed by atoms with Crippen molar-refractivity contribution >= 4 is 67.3 Å². The molecule has 8 heterocycles. The lowest BCUT2D eigenvalue weighted by atomic mass is 9.91. The molecular weight excluding hydrogens is 877 g/mol. The summed E-state index contributed by atoms with van der Waals surface area (Å²) in [5.41, 5.74) is 10.1. The third kappa shape index (κ3) is 9.17. The van der Waals surface area contributed by atoms with Gasteiger partial charge in [0.25, 0.3) is 0 Å². The Kier molecular flexibility index (Phi) is 12.9. The fourth-order valence-corrected chi connectivity index (χ4v) is 11.6. The van der Waals surface area contributed by atoms with Crippen LogP contribution >= 0.6 is 0 Å². The number of hydrogen-bond acceptors (Lipinski definition) is 12. The summed E-state index contributed by atoms with van der Waals surface area (Å²) in [5.74, 6) is 1.96. The molecule has 3 N–H and O–H groups in total. The molecule has 0 bridgehead atoms. The number of aromatic nitrogens is 6. The second-order valence-electron chi connectivity index (χ2n) is 19.6. The molecule has 0 spiro atoms. The highest BCUT2D eigenvalue weighted by molar-refractivity contribution is 6.15. The monoisotopic (exact) mass is 938 g/mol. The molecule has 0 amide bonds. The van der Waals surface area contributed by atoms with Crippen molar-refractivity contribution in [3.05, 3.63) is 130 Å². The minimum absolute atomic E-state index is 0.108. The third-order valence-electron chi connectivity index (χ3n) is 15.0. The Morgan fingerprint density at radius 2 is 1.60 bits per heavy atom. The van der Waals surface area contributed by atoms with Crippen molar-refractivity contribution in [1.82, 2.24) is 39.7 Å². The highest BCUT2D eigenvalue weighted by Gasteiger charge is 2.36. The average molecular weight is 939 g/mol. The maximum Gasteiger partial charge on any atom is 0.338 e. The molecule has 360 valence electrons. The van der Waals surface area contributed by atoms with Gasteiger partial charge in [0.1, 0.15) is 23.1 Å². The smallest absolute Gasteiger partial charge is 0.338 e. The Balaban J connectivity index is 0.872. The van der Waals surface area contributed by atoms with Crippen molar-refractivity contribution in [1.29, 1.82) is 0 Å². The van der Waals surface area contributed by atoms with Gasteiger partial charge < -0.3 is 34.6 Å². The van der Waals surface area contributed by atoms with Gasteiger partial charge in [0.2, 0.25) is 0 Å². The van der Waals surface area contributed by atoms with E-state index in [2.05, 4.69) is 84.4 Å². The number of methoxy groups -OCH3 is 2. The predicted octanol–water partition coefficient (Wildman–Crippen LogP) is 9.35. The summed E-state index contributed by atoms with van der Waals surface area (Å²) < 4.78 is 10.5. The number of H-pyrrole nitrogens is 2. The third-order valence-corrected chi connectivity index (χ3v) is 15.0. The minimum atomic E-state index is -0.366. The van der Waals surface area contributed by atoms with Crippen LogP contribution in [0, 0.1) is 6.92 Å². The Bertz CT molecular complexity index is 3210. The van der Waals surface area contributed by atoms with Crippen LogP contribution in [0.5, 0.6) is 0 Å². The number of aryl methyl sites for hydroxylation is 1. The number of carbonyl (C=O) groups is 2. The maximum atomic E-state index is 13.7. The molecule has 0 radical (unpaired) electrons. The van der Waals surface area contributed by atoms with Crippen LogP contribution in [0.3, 0.4) is 0 Å². The van der Waals surface area contributed by atoms with Crippen LogP contribution in [-0.4, -0.2) is 124 Å². The number of esters is 2. The number of hydrogen-bond donors (Lipinski definition) is 3. The molecule has 5 aromatic heterocycles. The second-order valence-corrected chi connectivity index (χ2v) is 19.6. The molecule has 3 aliphatic heterocycles. The lowest BCUT2D eigenvalue weighted by Crippen LogP contribution is -2.44. The van der Waals surface area contributed by atoms with Gasteiger partial charge in [-0.25, -0.2) is 24.5 Å². The number of likely N-dealkylation sites (tertiary alicyclic amines) is 2. The number of rotatable bonds is 14. The van der Waals surface area contributed by atoms with Crippen molar-refractivity contribution in [3.8, 4) is 0 Å². The molecule has 0 saturated carbocycles. The van der Waals surface area contributed by atoms with Gasteiger partial charge in [-0.3, -0.25) is 9.88 Å². The van der Waals surface area contributed by atoms with E-state index in [9.17, 15) is 9.59 Å². The first-order valence-electron chi connectivity index (χ1n) is 25.2. The van der Waals surface area contributed by atoms with Crippen molar-refractivity contribution in [2.24, 2.45) is 0 Å². The second kappa shape index (κ2) is 19.8. The van der Waals surface area contributed by atoms with Gasteiger partial charge in [0, 0.05) is 90.7 Å².